The molecule has 30 heavy (non-hydrogen) atoms. The zero-order valence-electron chi connectivity index (χ0n) is 16.6. The Bertz CT molecular complexity index is 999. The van der Waals surface area contributed by atoms with E-state index in [2.05, 4.69) is 10.3 Å². The van der Waals surface area contributed by atoms with Crippen molar-refractivity contribution in [1.82, 2.24) is 10.2 Å². The van der Waals surface area contributed by atoms with Gasteiger partial charge in [-0.25, -0.2) is 4.79 Å². The monoisotopic (exact) mass is 414 g/mol. The van der Waals surface area contributed by atoms with Gasteiger partial charge in [-0.2, -0.15) is 0 Å². The highest BCUT2D eigenvalue weighted by molar-refractivity contribution is 6.53. The van der Waals surface area contributed by atoms with E-state index >= 15 is 0 Å². The number of carbonyl (C=O) groups excluding carboxylic acids is 3. The highest BCUT2D eigenvalue weighted by Gasteiger charge is 2.73. The van der Waals surface area contributed by atoms with E-state index in [1.54, 1.807) is 19.1 Å². The topological polar surface area (TPSA) is 146 Å². The molecule has 1 aliphatic carbocycles. The van der Waals surface area contributed by atoms with Crippen LogP contribution in [0.5, 0.6) is 0 Å². The van der Waals surface area contributed by atoms with Crippen LogP contribution in [-0.2, 0) is 25.6 Å². The normalized spacial score (nSPS) is 35.5. The van der Waals surface area contributed by atoms with Crippen LogP contribution in [0.4, 0.5) is 4.79 Å². The predicted octanol–water partition coefficient (Wildman–Crippen LogP) is -0.0136. The van der Waals surface area contributed by atoms with Crippen LogP contribution >= 0.6 is 0 Å². The molecule has 10 heteroatoms. The van der Waals surface area contributed by atoms with Crippen molar-refractivity contribution in [1.29, 1.82) is 0 Å². The van der Waals surface area contributed by atoms with Crippen molar-refractivity contribution in [3.63, 3.8) is 0 Å². The van der Waals surface area contributed by atoms with Crippen molar-refractivity contribution < 1.29 is 28.3 Å². The van der Waals surface area contributed by atoms with Gasteiger partial charge in [0, 0.05) is 25.3 Å². The summed E-state index contributed by atoms with van der Waals surface area (Å²) < 4.78 is 16.3. The Hall–Kier alpha value is -2.98. The number of primary amides is 1. The minimum absolute atomic E-state index is 0.0750. The highest BCUT2D eigenvalue weighted by atomic mass is 16.6. The summed E-state index contributed by atoms with van der Waals surface area (Å²) >= 11 is 0. The SMILES string of the molecule is COC12C(COC(N)=O)C3=C(C(=O)C(C)C(=NCc4ccco4)C3=O)N1CC1NC12. The van der Waals surface area contributed by atoms with Crippen LogP contribution in [0.25, 0.3) is 0 Å². The largest absolute Gasteiger partial charge is 0.467 e. The first kappa shape index (κ1) is 19.0. The van der Waals surface area contributed by atoms with Gasteiger partial charge in [-0.05, 0) is 19.1 Å². The van der Waals surface area contributed by atoms with Crippen LogP contribution < -0.4 is 11.1 Å². The zero-order chi connectivity index (χ0) is 21.2. The second-order valence-corrected chi connectivity index (χ2v) is 7.96. The third-order valence-corrected chi connectivity index (χ3v) is 6.53. The fraction of sp³-hybridized carbons (Fsp3) is 0.500. The van der Waals surface area contributed by atoms with E-state index in [1.807, 2.05) is 4.90 Å². The average molecular weight is 414 g/mol. The number of ether oxygens (including phenoxy) is 2. The first-order valence-electron chi connectivity index (χ1n) is 9.81. The van der Waals surface area contributed by atoms with Gasteiger partial charge >= 0.3 is 6.09 Å². The number of nitrogens with two attached hydrogens (primary N) is 1. The molecular weight excluding hydrogens is 392 g/mol. The highest BCUT2D eigenvalue weighted by Crippen LogP contribution is 2.55. The number of nitrogens with zero attached hydrogens (tertiary/aromatic N) is 2. The van der Waals surface area contributed by atoms with Crippen molar-refractivity contribution in [2.75, 3.05) is 20.3 Å². The Morgan fingerprint density at radius 1 is 1.47 bits per heavy atom. The molecule has 2 fully saturated rings. The Morgan fingerprint density at radius 3 is 2.93 bits per heavy atom. The second kappa shape index (κ2) is 6.51. The number of amides is 1. The molecule has 1 aromatic heterocycles. The Kier molecular flexibility index (Phi) is 4.13. The zero-order valence-corrected chi connectivity index (χ0v) is 16.6. The number of piperazine rings is 1. The molecule has 5 unspecified atom stereocenters. The number of hydrogen-bond acceptors (Lipinski definition) is 9. The molecule has 158 valence electrons. The number of rotatable bonds is 5. The minimum atomic E-state index is -0.980. The van der Waals surface area contributed by atoms with Gasteiger partial charge in [-0.1, -0.05) is 0 Å². The molecular formula is C20H22N4O6. The summed E-state index contributed by atoms with van der Waals surface area (Å²) in [6, 6.07) is 3.57. The van der Waals surface area contributed by atoms with Gasteiger partial charge in [0.05, 0.1) is 42.1 Å². The lowest BCUT2D eigenvalue weighted by Gasteiger charge is -2.39. The lowest BCUT2D eigenvalue weighted by Crippen LogP contribution is -2.55. The van der Waals surface area contributed by atoms with E-state index in [0.717, 1.165) is 0 Å². The molecule has 4 heterocycles. The number of allylic oxidation sites excluding steroid dienone is 1. The first-order chi connectivity index (χ1) is 14.4. The van der Waals surface area contributed by atoms with E-state index in [4.69, 9.17) is 19.6 Å². The van der Waals surface area contributed by atoms with Crippen molar-refractivity contribution in [3.8, 4) is 0 Å². The number of hydrogen-bond donors (Lipinski definition) is 2. The van der Waals surface area contributed by atoms with E-state index in [0.29, 0.717) is 18.0 Å². The summed E-state index contributed by atoms with van der Waals surface area (Å²) in [5, 5.41) is 3.32. The van der Waals surface area contributed by atoms with Crippen LogP contribution in [-0.4, -0.2) is 66.3 Å². The quantitative estimate of drug-likeness (QED) is 0.640. The third kappa shape index (κ3) is 2.43. The number of carbonyl (C=O) groups is 3. The maximum Gasteiger partial charge on any atom is 0.404 e. The van der Waals surface area contributed by atoms with E-state index in [-0.39, 0.29) is 48.1 Å². The molecule has 0 bridgehead atoms. The van der Waals surface area contributed by atoms with Gasteiger partial charge in [0.2, 0.25) is 5.78 Å². The van der Waals surface area contributed by atoms with E-state index < -0.39 is 23.7 Å². The second-order valence-electron chi connectivity index (χ2n) is 7.96. The van der Waals surface area contributed by atoms with Gasteiger partial charge in [-0.15, -0.1) is 0 Å². The molecule has 4 aliphatic rings. The fourth-order valence-electron chi connectivity index (χ4n) is 5.15. The molecule has 0 aromatic carbocycles. The first-order valence-corrected chi connectivity index (χ1v) is 9.81. The molecule has 0 radical (unpaired) electrons. The fourth-order valence-corrected chi connectivity index (χ4v) is 5.15. The summed E-state index contributed by atoms with van der Waals surface area (Å²) in [7, 11) is 1.54. The standard InChI is InChI=1S/C20H22N4O6/c1-9-14(22-6-10-4-3-5-29-10)17(26)13-11(8-30-19(21)27)20(28-2)18-12(23-18)7-24(20)15(13)16(9)25/h3-5,9,11-12,18,23H,6-8H2,1-2H3,(H2,21,27). The molecule has 1 aromatic rings. The number of nitrogens with one attached hydrogen (secondary N) is 1. The molecule has 3 aliphatic heterocycles. The maximum atomic E-state index is 13.5. The number of aliphatic imine (C=N–C) groups is 1. The van der Waals surface area contributed by atoms with Crippen LogP contribution in [0.1, 0.15) is 12.7 Å². The van der Waals surface area contributed by atoms with Gasteiger partial charge < -0.3 is 29.8 Å². The molecule has 2 saturated heterocycles. The van der Waals surface area contributed by atoms with Crippen molar-refractivity contribution >= 4 is 23.4 Å². The van der Waals surface area contributed by atoms with Gasteiger partial charge in [0.1, 0.15) is 12.4 Å². The molecule has 0 spiro atoms. The van der Waals surface area contributed by atoms with Gasteiger partial charge in [0.15, 0.2) is 11.5 Å². The Labute approximate surface area is 172 Å². The lowest BCUT2D eigenvalue weighted by molar-refractivity contribution is -0.138. The molecule has 5 rings (SSSR count). The van der Waals surface area contributed by atoms with Crippen molar-refractivity contribution in [2.24, 2.45) is 22.6 Å². The van der Waals surface area contributed by atoms with Crippen LogP contribution in [0.2, 0.25) is 0 Å². The smallest absolute Gasteiger partial charge is 0.404 e. The maximum absolute atomic E-state index is 13.5. The van der Waals surface area contributed by atoms with Crippen LogP contribution in [0, 0.1) is 11.8 Å². The van der Waals surface area contributed by atoms with Crippen molar-refractivity contribution in [2.45, 2.75) is 31.3 Å². The van der Waals surface area contributed by atoms with Crippen LogP contribution in [0.15, 0.2) is 39.1 Å². The average Bonchev–Trinajstić information content (AvgIpc) is 3.08. The molecule has 3 N–H and O–H groups in total. The van der Waals surface area contributed by atoms with Gasteiger partial charge in [0.25, 0.3) is 0 Å². The molecule has 1 amide bonds. The molecule has 5 atom stereocenters. The van der Waals surface area contributed by atoms with Crippen molar-refractivity contribution in [3.05, 3.63) is 35.4 Å². The lowest BCUT2D eigenvalue weighted by atomic mass is 9.78. The van der Waals surface area contributed by atoms with E-state index in [1.165, 1.54) is 13.4 Å². The summed E-state index contributed by atoms with van der Waals surface area (Å²) in [4.78, 5) is 44.5. The minimum Gasteiger partial charge on any atom is -0.467 e. The molecule has 10 nitrogen and oxygen atoms in total. The third-order valence-electron chi connectivity index (χ3n) is 6.53. The van der Waals surface area contributed by atoms with Crippen LogP contribution in [0.3, 0.4) is 0 Å². The van der Waals surface area contributed by atoms with Gasteiger partial charge in [-0.3, -0.25) is 14.6 Å². The predicted molar refractivity (Wildman–Crippen MR) is 102 cm³/mol. The Morgan fingerprint density at radius 2 is 2.27 bits per heavy atom. The number of furan rings is 1. The number of fused-ring (bicyclic) bond motifs is 4. The summed E-state index contributed by atoms with van der Waals surface area (Å²) in [6.07, 6.45) is 0.576. The molecule has 0 saturated carbocycles. The summed E-state index contributed by atoms with van der Waals surface area (Å²) in [6.45, 7) is 2.21. The summed E-state index contributed by atoms with van der Waals surface area (Å²) in [5.74, 6) is -1.28. The summed E-state index contributed by atoms with van der Waals surface area (Å²) in [5.41, 5.74) is 5.01. The Balaban J connectivity index is 1.57. The van der Waals surface area contributed by atoms with E-state index in [9.17, 15) is 14.4 Å². The number of methoxy groups -OCH3 is 1. The number of Topliss-reactive ketones (excluding diaryl/α,β-unsaturated/α-hetero) is 2. The number of ketones is 2.